The van der Waals surface area contributed by atoms with Gasteiger partial charge in [-0.05, 0) is 25.5 Å². The molecule has 0 bridgehead atoms. The molecule has 2 aliphatic heterocycles. The van der Waals surface area contributed by atoms with Crippen molar-refractivity contribution in [2.75, 3.05) is 19.9 Å². The van der Waals surface area contributed by atoms with Crippen molar-refractivity contribution in [1.82, 2.24) is 4.90 Å². The van der Waals surface area contributed by atoms with Crippen LogP contribution in [0.1, 0.15) is 18.4 Å². The Morgan fingerprint density at radius 1 is 1.28 bits per heavy atom. The normalized spacial score (nSPS) is 23.3. The molecule has 0 unspecified atom stereocenters. The zero-order valence-corrected chi connectivity index (χ0v) is 10.1. The molecule has 3 rings (SSSR count). The Labute approximate surface area is 106 Å². The van der Waals surface area contributed by atoms with E-state index in [9.17, 15) is 10.2 Å². The number of piperidine rings is 1. The van der Waals surface area contributed by atoms with Crippen molar-refractivity contribution in [1.29, 1.82) is 0 Å². The summed E-state index contributed by atoms with van der Waals surface area (Å²) < 4.78 is 10.5. The summed E-state index contributed by atoms with van der Waals surface area (Å²) in [5.41, 5.74) is 0.813. The van der Waals surface area contributed by atoms with Gasteiger partial charge in [-0.2, -0.15) is 0 Å². The first-order chi connectivity index (χ1) is 8.72. The van der Waals surface area contributed by atoms with E-state index in [-0.39, 0.29) is 18.6 Å². The Bertz CT molecular complexity index is 449. The number of likely N-dealkylation sites (tertiary alicyclic amines) is 1. The fourth-order valence-corrected chi connectivity index (χ4v) is 2.52. The van der Waals surface area contributed by atoms with Gasteiger partial charge in [-0.25, -0.2) is 0 Å². The topological polar surface area (TPSA) is 62.2 Å². The Balaban J connectivity index is 1.76. The first-order valence-electron chi connectivity index (χ1n) is 6.24. The van der Waals surface area contributed by atoms with Crippen LogP contribution >= 0.6 is 0 Å². The van der Waals surface area contributed by atoms with Gasteiger partial charge in [-0.15, -0.1) is 0 Å². The summed E-state index contributed by atoms with van der Waals surface area (Å²) in [5.74, 6) is 1.50. The lowest BCUT2D eigenvalue weighted by Gasteiger charge is -2.30. The number of fused-ring (bicyclic) bond motifs is 1. The van der Waals surface area contributed by atoms with Crippen LogP contribution in [0.25, 0.3) is 0 Å². The molecule has 1 fully saturated rings. The summed E-state index contributed by atoms with van der Waals surface area (Å²) in [6.45, 7) is 2.44. The lowest BCUT2D eigenvalue weighted by atomic mass is 10.1. The van der Waals surface area contributed by atoms with Gasteiger partial charge < -0.3 is 19.7 Å². The molecule has 0 spiro atoms. The highest BCUT2D eigenvalue weighted by atomic mass is 16.7. The summed E-state index contributed by atoms with van der Waals surface area (Å²) in [7, 11) is 0. The molecule has 1 aromatic rings. The number of rotatable bonds is 2. The molecule has 0 aromatic heterocycles. The van der Waals surface area contributed by atoms with Crippen LogP contribution in [0.5, 0.6) is 17.2 Å². The number of benzene rings is 1. The summed E-state index contributed by atoms with van der Waals surface area (Å²) in [4.78, 5) is 2.14. The van der Waals surface area contributed by atoms with E-state index in [1.807, 2.05) is 6.07 Å². The fourth-order valence-electron chi connectivity index (χ4n) is 2.52. The number of nitrogens with zero attached hydrogens (tertiary/aromatic N) is 1. The van der Waals surface area contributed by atoms with Crippen molar-refractivity contribution >= 4 is 0 Å². The van der Waals surface area contributed by atoms with Crippen molar-refractivity contribution in [3.63, 3.8) is 0 Å². The monoisotopic (exact) mass is 251 g/mol. The molecule has 0 amide bonds. The van der Waals surface area contributed by atoms with Crippen molar-refractivity contribution in [3.05, 3.63) is 17.7 Å². The molecule has 0 aliphatic carbocycles. The maximum absolute atomic E-state index is 9.95. The number of aliphatic hydroxyl groups is 1. The average Bonchev–Trinajstić information content (AvgIpc) is 2.76. The quantitative estimate of drug-likeness (QED) is 0.823. The Morgan fingerprint density at radius 2 is 2.06 bits per heavy atom. The minimum absolute atomic E-state index is 0.209. The molecule has 18 heavy (non-hydrogen) atoms. The molecule has 0 saturated carbocycles. The van der Waals surface area contributed by atoms with E-state index in [1.54, 1.807) is 6.07 Å². The molecular weight excluding hydrogens is 234 g/mol. The third-order valence-electron chi connectivity index (χ3n) is 3.45. The van der Waals surface area contributed by atoms with Crippen LogP contribution in [-0.4, -0.2) is 41.1 Å². The third-order valence-corrected chi connectivity index (χ3v) is 3.45. The lowest BCUT2D eigenvalue weighted by Crippen LogP contribution is -2.37. The van der Waals surface area contributed by atoms with Gasteiger partial charge in [0.25, 0.3) is 0 Å². The standard InChI is InChI=1S/C13H17NO4/c15-10-2-1-3-14(7-10)6-9-4-12-13(5-11(9)16)18-8-17-12/h4-5,10,15-16H,1-3,6-8H2/t10-/m0/s1. The molecule has 5 heteroatoms. The molecule has 2 heterocycles. The lowest BCUT2D eigenvalue weighted by molar-refractivity contribution is 0.0664. The van der Waals surface area contributed by atoms with Crippen LogP contribution in [0.15, 0.2) is 12.1 Å². The molecule has 5 nitrogen and oxygen atoms in total. The van der Waals surface area contributed by atoms with Crippen molar-refractivity contribution in [2.45, 2.75) is 25.5 Å². The van der Waals surface area contributed by atoms with Crippen molar-refractivity contribution in [2.24, 2.45) is 0 Å². The molecule has 2 N–H and O–H groups in total. The molecular formula is C13H17NO4. The van der Waals surface area contributed by atoms with Gasteiger partial charge in [0, 0.05) is 24.7 Å². The zero-order chi connectivity index (χ0) is 12.5. The predicted octanol–water partition coefficient (Wildman–Crippen LogP) is 1.08. The molecule has 98 valence electrons. The number of β-amino-alcohol motifs (C(OH)–C–C–N with tert-alkyl or cyclic N) is 1. The average molecular weight is 251 g/mol. The Morgan fingerprint density at radius 3 is 2.83 bits per heavy atom. The SMILES string of the molecule is Oc1cc2c(cc1CN1CCC[C@H](O)C1)OCO2. The second-order valence-electron chi connectivity index (χ2n) is 4.87. The zero-order valence-electron chi connectivity index (χ0n) is 10.1. The largest absolute Gasteiger partial charge is 0.507 e. The number of aliphatic hydroxyl groups excluding tert-OH is 1. The molecule has 1 aromatic carbocycles. The second-order valence-corrected chi connectivity index (χ2v) is 4.87. The first kappa shape index (κ1) is 11.6. The van der Waals surface area contributed by atoms with Gasteiger partial charge in [-0.1, -0.05) is 0 Å². The maximum atomic E-state index is 9.95. The number of hydrogen-bond acceptors (Lipinski definition) is 5. The van der Waals surface area contributed by atoms with Crippen molar-refractivity contribution < 1.29 is 19.7 Å². The van der Waals surface area contributed by atoms with Gasteiger partial charge in [-0.3, -0.25) is 4.90 Å². The summed E-state index contributed by atoms with van der Waals surface area (Å²) in [6.07, 6.45) is 1.60. The third kappa shape index (κ3) is 2.23. The minimum atomic E-state index is -0.255. The van der Waals surface area contributed by atoms with E-state index in [1.165, 1.54) is 0 Å². The highest BCUT2D eigenvalue weighted by Gasteiger charge is 2.21. The number of phenolic OH excluding ortho intramolecular Hbond substituents is 1. The van der Waals surface area contributed by atoms with Crippen LogP contribution in [0.2, 0.25) is 0 Å². The van der Waals surface area contributed by atoms with E-state index in [0.29, 0.717) is 24.6 Å². The minimum Gasteiger partial charge on any atom is -0.507 e. The smallest absolute Gasteiger partial charge is 0.231 e. The maximum Gasteiger partial charge on any atom is 0.231 e. The van der Waals surface area contributed by atoms with Gasteiger partial charge in [0.05, 0.1) is 6.10 Å². The van der Waals surface area contributed by atoms with Crippen LogP contribution < -0.4 is 9.47 Å². The van der Waals surface area contributed by atoms with E-state index in [4.69, 9.17) is 9.47 Å². The van der Waals surface area contributed by atoms with Gasteiger partial charge >= 0.3 is 0 Å². The van der Waals surface area contributed by atoms with Crippen molar-refractivity contribution in [3.8, 4) is 17.2 Å². The Hall–Kier alpha value is -1.46. The van der Waals surface area contributed by atoms with Crippen LogP contribution in [0.4, 0.5) is 0 Å². The number of aromatic hydroxyl groups is 1. The van der Waals surface area contributed by atoms with E-state index in [2.05, 4.69) is 4.90 Å². The number of phenols is 1. The van der Waals surface area contributed by atoms with E-state index in [0.717, 1.165) is 24.9 Å². The summed E-state index contributed by atoms with van der Waals surface area (Å²) in [6, 6.07) is 3.41. The van der Waals surface area contributed by atoms with Crippen LogP contribution in [0.3, 0.4) is 0 Å². The summed E-state index contributed by atoms with van der Waals surface area (Å²) >= 11 is 0. The molecule has 2 aliphatic rings. The fraction of sp³-hybridized carbons (Fsp3) is 0.538. The van der Waals surface area contributed by atoms with Gasteiger partial charge in [0.1, 0.15) is 5.75 Å². The molecule has 1 atom stereocenters. The predicted molar refractivity (Wildman–Crippen MR) is 64.7 cm³/mol. The number of ether oxygens (including phenoxy) is 2. The molecule has 0 radical (unpaired) electrons. The second kappa shape index (κ2) is 4.66. The first-order valence-corrected chi connectivity index (χ1v) is 6.24. The Kier molecular flexibility index (Phi) is 3.01. The van der Waals surface area contributed by atoms with E-state index >= 15 is 0 Å². The highest BCUT2D eigenvalue weighted by Crippen LogP contribution is 2.38. The summed E-state index contributed by atoms with van der Waals surface area (Å²) in [5, 5.41) is 19.6. The van der Waals surface area contributed by atoms with E-state index < -0.39 is 0 Å². The van der Waals surface area contributed by atoms with Gasteiger partial charge in [0.15, 0.2) is 11.5 Å². The van der Waals surface area contributed by atoms with Gasteiger partial charge in [0.2, 0.25) is 6.79 Å². The molecule has 1 saturated heterocycles. The highest BCUT2D eigenvalue weighted by molar-refractivity contribution is 5.51. The van der Waals surface area contributed by atoms with Crippen LogP contribution in [0, 0.1) is 0 Å². The van der Waals surface area contributed by atoms with Crippen LogP contribution in [-0.2, 0) is 6.54 Å². The number of hydrogen-bond donors (Lipinski definition) is 2.